The molecule has 1 aromatic heterocycles. The summed E-state index contributed by atoms with van der Waals surface area (Å²) in [7, 11) is 0. The number of carbonyl (C=O) groups is 1. The van der Waals surface area contributed by atoms with Gasteiger partial charge in [-0.3, -0.25) is 4.79 Å². The summed E-state index contributed by atoms with van der Waals surface area (Å²) in [6.45, 7) is 8.07. The van der Waals surface area contributed by atoms with E-state index in [1.807, 2.05) is 20.8 Å². The molecule has 0 spiro atoms. The lowest BCUT2D eigenvalue weighted by atomic mass is 10.3. The van der Waals surface area contributed by atoms with Crippen LogP contribution in [-0.4, -0.2) is 36.6 Å². The van der Waals surface area contributed by atoms with Crippen LogP contribution in [0.1, 0.15) is 31.3 Å². The molecule has 0 saturated carbocycles. The number of likely N-dealkylation sites (N-methyl/N-ethyl adjacent to an activating group) is 1. The first kappa shape index (κ1) is 21.3. The Morgan fingerprint density at radius 3 is 2.65 bits per heavy atom. The van der Waals surface area contributed by atoms with Crippen molar-refractivity contribution in [2.24, 2.45) is 0 Å². The molecule has 5 nitrogen and oxygen atoms in total. The number of ether oxygens (including phenoxy) is 1. The standard InChI is InChI=1S/C13H21N3O2.2ClH/c1-4-14-8-9-16-13(17)12-11(18-10(2)3)6-5-7-15-12;;/h5-7,10,14H,4,8-9H2,1-3H3,(H,16,17);2*1H. The summed E-state index contributed by atoms with van der Waals surface area (Å²) >= 11 is 0. The zero-order valence-electron chi connectivity index (χ0n) is 12.0. The predicted octanol–water partition coefficient (Wildman–Crippen LogP) is 2.05. The smallest absolute Gasteiger partial charge is 0.273 e. The number of aromatic nitrogens is 1. The molecule has 0 bridgehead atoms. The topological polar surface area (TPSA) is 63.2 Å². The molecule has 1 aromatic rings. The first-order valence-corrected chi connectivity index (χ1v) is 6.25. The van der Waals surface area contributed by atoms with Gasteiger partial charge in [-0.05, 0) is 32.5 Å². The fraction of sp³-hybridized carbons (Fsp3) is 0.538. The van der Waals surface area contributed by atoms with Gasteiger partial charge in [0.25, 0.3) is 5.91 Å². The maximum absolute atomic E-state index is 11.9. The second-order valence-electron chi connectivity index (χ2n) is 4.13. The van der Waals surface area contributed by atoms with E-state index in [1.165, 1.54) is 0 Å². The van der Waals surface area contributed by atoms with Crippen molar-refractivity contribution in [3.63, 3.8) is 0 Å². The van der Waals surface area contributed by atoms with Gasteiger partial charge in [-0.1, -0.05) is 6.92 Å². The molecule has 1 rings (SSSR count). The molecule has 7 heteroatoms. The van der Waals surface area contributed by atoms with E-state index in [0.29, 0.717) is 18.0 Å². The van der Waals surface area contributed by atoms with E-state index in [-0.39, 0.29) is 36.8 Å². The van der Waals surface area contributed by atoms with Gasteiger partial charge in [0, 0.05) is 19.3 Å². The van der Waals surface area contributed by atoms with Crippen LogP contribution in [0.3, 0.4) is 0 Å². The third kappa shape index (κ3) is 7.53. The van der Waals surface area contributed by atoms with Gasteiger partial charge in [0.15, 0.2) is 11.4 Å². The fourth-order valence-electron chi connectivity index (χ4n) is 1.44. The number of amides is 1. The van der Waals surface area contributed by atoms with E-state index in [2.05, 4.69) is 15.6 Å². The lowest BCUT2D eigenvalue weighted by Gasteiger charge is -2.13. The summed E-state index contributed by atoms with van der Waals surface area (Å²) < 4.78 is 5.55. The largest absolute Gasteiger partial charge is 0.489 e. The first-order chi connectivity index (χ1) is 8.65. The molecular weight excluding hydrogens is 301 g/mol. The number of pyridine rings is 1. The van der Waals surface area contributed by atoms with E-state index in [4.69, 9.17) is 4.74 Å². The highest BCUT2D eigenvalue weighted by atomic mass is 35.5. The van der Waals surface area contributed by atoms with Gasteiger partial charge in [-0.15, -0.1) is 24.8 Å². The molecule has 0 aliphatic rings. The van der Waals surface area contributed by atoms with Gasteiger partial charge in [0.05, 0.1) is 6.10 Å². The maximum atomic E-state index is 11.9. The Balaban J connectivity index is 0. The molecule has 0 radical (unpaired) electrons. The highest BCUT2D eigenvalue weighted by Gasteiger charge is 2.14. The zero-order valence-corrected chi connectivity index (χ0v) is 13.6. The van der Waals surface area contributed by atoms with Gasteiger partial charge in [0.2, 0.25) is 0 Å². The summed E-state index contributed by atoms with van der Waals surface area (Å²) in [4.78, 5) is 16.0. The quantitative estimate of drug-likeness (QED) is 0.754. The maximum Gasteiger partial charge on any atom is 0.273 e. The minimum Gasteiger partial charge on any atom is -0.489 e. The molecule has 2 N–H and O–H groups in total. The average Bonchev–Trinajstić information content (AvgIpc) is 2.34. The van der Waals surface area contributed by atoms with Gasteiger partial charge in [-0.25, -0.2) is 4.98 Å². The SMILES string of the molecule is CCNCCNC(=O)c1ncccc1OC(C)C.Cl.Cl. The second kappa shape index (κ2) is 11.8. The highest BCUT2D eigenvalue weighted by Crippen LogP contribution is 2.16. The van der Waals surface area contributed by atoms with E-state index in [1.54, 1.807) is 18.3 Å². The van der Waals surface area contributed by atoms with E-state index in [9.17, 15) is 4.79 Å². The minimum absolute atomic E-state index is 0. The predicted molar refractivity (Wildman–Crippen MR) is 85.4 cm³/mol. The Bertz CT molecular complexity index is 390. The van der Waals surface area contributed by atoms with Crippen molar-refractivity contribution in [3.05, 3.63) is 24.0 Å². The molecule has 116 valence electrons. The van der Waals surface area contributed by atoms with Crippen molar-refractivity contribution in [1.29, 1.82) is 0 Å². The van der Waals surface area contributed by atoms with E-state index < -0.39 is 0 Å². The molecule has 0 atom stereocenters. The van der Waals surface area contributed by atoms with Crippen LogP contribution in [0.25, 0.3) is 0 Å². The van der Waals surface area contributed by atoms with E-state index in [0.717, 1.165) is 13.1 Å². The Hall–Kier alpha value is -1.04. The molecule has 0 unspecified atom stereocenters. The second-order valence-corrected chi connectivity index (χ2v) is 4.13. The Morgan fingerprint density at radius 2 is 2.05 bits per heavy atom. The number of carbonyl (C=O) groups excluding carboxylic acids is 1. The lowest BCUT2D eigenvalue weighted by molar-refractivity contribution is 0.0942. The summed E-state index contributed by atoms with van der Waals surface area (Å²) in [6, 6.07) is 3.51. The fourth-order valence-corrected chi connectivity index (χ4v) is 1.44. The molecule has 0 saturated heterocycles. The number of hydrogen-bond acceptors (Lipinski definition) is 4. The zero-order chi connectivity index (χ0) is 13.4. The van der Waals surface area contributed by atoms with Crippen molar-refractivity contribution in [3.8, 4) is 5.75 Å². The van der Waals surface area contributed by atoms with Crippen LogP contribution >= 0.6 is 24.8 Å². The van der Waals surface area contributed by atoms with Crippen LogP contribution in [0.15, 0.2) is 18.3 Å². The number of nitrogens with one attached hydrogen (secondary N) is 2. The molecule has 0 fully saturated rings. The van der Waals surface area contributed by atoms with Crippen molar-refractivity contribution >= 4 is 30.7 Å². The van der Waals surface area contributed by atoms with Crippen LogP contribution in [-0.2, 0) is 0 Å². The van der Waals surface area contributed by atoms with Crippen LogP contribution in [0.2, 0.25) is 0 Å². The van der Waals surface area contributed by atoms with Gasteiger partial charge in [-0.2, -0.15) is 0 Å². The molecule has 20 heavy (non-hydrogen) atoms. The average molecular weight is 324 g/mol. The minimum atomic E-state index is -0.204. The van der Waals surface area contributed by atoms with Crippen LogP contribution < -0.4 is 15.4 Å². The lowest BCUT2D eigenvalue weighted by Crippen LogP contribution is -2.32. The number of nitrogens with zero attached hydrogens (tertiary/aromatic N) is 1. The number of hydrogen-bond donors (Lipinski definition) is 2. The molecular formula is C13H23Cl2N3O2. The summed E-state index contributed by atoms with van der Waals surface area (Å²) in [5.41, 5.74) is 0.336. The van der Waals surface area contributed by atoms with Gasteiger partial charge >= 0.3 is 0 Å². The van der Waals surface area contributed by atoms with E-state index >= 15 is 0 Å². The third-order valence-electron chi connectivity index (χ3n) is 2.19. The summed E-state index contributed by atoms with van der Waals surface area (Å²) in [6.07, 6.45) is 1.61. The van der Waals surface area contributed by atoms with Crippen LogP contribution in [0.5, 0.6) is 5.75 Å². The first-order valence-electron chi connectivity index (χ1n) is 6.25. The molecule has 1 heterocycles. The van der Waals surface area contributed by atoms with Crippen molar-refractivity contribution in [2.45, 2.75) is 26.9 Å². The van der Waals surface area contributed by atoms with Gasteiger partial charge < -0.3 is 15.4 Å². The van der Waals surface area contributed by atoms with Crippen molar-refractivity contribution < 1.29 is 9.53 Å². The number of halogens is 2. The molecule has 1 amide bonds. The van der Waals surface area contributed by atoms with Gasteiger partial charge in [0.1, 0.15) is 0 Å². The van der Waals surface area contributed by atoms with Crippen molar-refractivity contribution in [2.75, 3.05) is 19.6 Å². The molecule has 0 aliphatic heterocycles. The van der Waals surface area contributed by atoms with Crippen molar-refractivity contribution in [1.82, 2.24) is 15.6 Å². The highest BCUT2D eigenvalue weighted by molar-refractivity contribution is 5.94. The monoisotopic (exact) mass is 323 g/mol. The third-order valence-corrected chi connectivity index (χ3v) is 2.19. The Kier molecular flexibility index (Phi) is 12.5. The summed E-state index contributed by atoms with van der Waals surface area (Å²) in [5.74, 6) is 0.317. The molecule has 0 aliphatic carbocycles. The van der Waals surface area contributed by atoms with Crippen LogP contribution in [0.4, 0.5) is 0 Å². The van der Waals surface area contributed by atoms with Crippen LogP contribution in [0, 0.1) is 0 Å². The normalized spacial score (nSPS) is 9.40. The summed E-state index contributed by atoms with van der Waals surface area (Å²) in [5, 5.41) is 5.94. The molecule has 0 aromatic carbocycles. The number of rotatable bonds is 7. The Morgan fingerprint density at radius 1 is 1.35 bits per heavy atom. The Labute approximate surface area is 132 Å².